The number of thiazole rings is 1. The maximum absolute atomic E-state index is 12.4. The molecule has 0 radical (unpaired) electrons. The molecule has 4 heteroatoms. The molecule has 1 atom stereocenters. The van der Waals surface area contributed by atoms with Crippen LogP contribution in [-0.2, 0) is 6.42 Å². The minimum absolute atomic E-state index is 0.00908. The van der Waals surface area contributed by atoms with E-state index >= 15 is 0 Å². The first-order valence-electron chi connectivity index (χ1n) is 6.98. The number of fused-ring (bicyclic) bond motifs is 1. The number of rotatable bonds is 2. The highest BCUT2D eigenvalue weighted by Crippen LogP contribution is 2.30. The van der Waals surface area contributed by atoms with Crippen LogP contribution in [0.2, 0.25) is 0 Å². The zero-order valence-electron chi connectivity index (χ0n) is 11.8. The maximum Gasteiger partial charge on any atom is 0.263 e. The second-order valence-corrected chi connectivity index (χ2v) is 6.47. The average Bonchev–Trinajstić information content (AvgIpc) is 2.78. The zero-order valence-corrected chi connectivity index (χ0v) is 12.6. The van der Waals surface area contributed by atoms with Crippen LogP contribution in [-0.4, -0.2) is 10.9 Å². The van der Waals surface area contributed by atoms with Gasteiger partial charge in [0.2, 0.25) is 0 Å². The van der Waals surface area contributed by atoms with E-state index < -0.39 is 0 Å². The lowest BCUT2D eigenvalue weighted by atomic mass is 9.88. The summed E-state index contributed by atoms with van der Waals surface area (Å²) in [7, 11) is 0. The molecule has 0 bridgehead atoms. The minimum Gasteiger partial charge on any atom is -0.344 e. The van der Waals surface area contributed by atoms with Crippen molar-refractivity contribution in [3.8, 4) is 0 Å². The summed E-state index contributed by atoms with van der Waals surface area (Å²) in [6.07, 6.45) is 3.25. The van der Waals surface area contributed by atoms with Crippen molar-refractivity contribution in [3.63, 3.8) is 0 Å². The van der Waals surface area contributed by atoms with Gasteiger partial charge in [-0.1, -0.05) is 24.3 Å². The number of benzene rings is 1. The van der Waals surface area contributed by atoms with Crippen molar-refractivity contribution in [2.24, 2.45) is 0 Å². The fourth-order valence-corrected chi connectivity index (χ4v) is 3.69. The predicted octanol–water partition coefficient (Wildman–Crippen LogP) is 3.57. The van der Waals surface area contributed by atoms with E-state index in [1.807, 2.05) is 19.9 Å². The molecule has 3 rings (SSSR count). The van der Waals surface area contributed by atoms with E-state index in [1.54, 1.807) is 0 Å². The molecular formula is C16H18N2OS. The number of nitrogens with zero attached hydrogens (tertiary/aromatic N) is 1. The highest BCUT2D eigenvalue weighted by atomic mass is 32.1. The third-order valence-electron chi connectivity index (χ3n) is 3.78. The van der Waals surface area contributed by atoms with Crippen molar-refractivity contribution in [2.45, 2.75) is 39.2 Å². The quantitative estimate of drug-likeness (QED) is 0.917. The molecule has 1 aliphatic carbocycles. The van der Waals surface area contributed by atoms with Crippen LogP contribution in [0.5, 0.6) is 0 Å². The molecule has 0 spiro atoms. The molecule has 0 fully saturated rings. The lowest BCUT2D eigenvalue weighted by Crippen LogP contribution is -2.30. The van der Waals surface area contributed by atoms with Gasteiger partial charge in [0.1, 0.15) is 4.88 Å². The fraction of sp³-hybridized carbons (Fsp3) is 0.375. The normalized spacial score (nSPS) is 17.6. The second kappa shape index (κ2) is 5.37. The van der Waals surface area contributed by atoms with Crippen LogP contribution in [0.25, 0.3) is 0 Å². The molecule has 20 heavy (non-hydrogen) atoms. The van der Waals surface area contributed by atoms with Gasteiger partial charge in [-0.25, -0.2) is 4.98 Å². The number of nitrogens with one attached hydrogen (secondary N) is 1. The molecule has 0 aliphatic heterocycles. The summed E-state index contributed by atoms with van der Waals surface area (Å²) < 4.78 is 0. The summed E-state index contributed by atoms with van der Waals surface area (Å²) in [5.41, 5.74) is 3.46. The lowest BCUT2D eigenvalue weighted by molar-refractivity contribution is 0.0936. The number of hydrogen-bond acceptors (Lipinski definition) is 3. The van der Waals surface area contributed by atoms with Gasteiger partial charge < -0.3 is 5.32 Å². The van der Waals surface area contributed by atoms with E-state index in [9.17, 15) is 4.79 Å². The summed E-state index contributed by atoms with van der Waals surface area (Å²) in [5, 5.41) is 4.12. The minimum atomic E-state index is 0.00908. The van der Waals surface area contributed by atoms with Crippen LogP contribution in [0.15, 0.2) is 24.3 Å². The average molecular weight is 286 g/mol. The lowest BCUT2D eigenvalue weighted by Gasteiger charge is -2.26. The van der Waals surface area contributed by atoms with Gasteiger partial charge in [-0.3, -0.25) is 4.79 Å². The van der Waals surface area contributed by atoms with Gasteiger partial charge in [0.25, 0.3) is 5.91 Å². The number of hydrogen-bond donors (Lipinski definition) is 1. The van der Waals surface area contributed by atoms with Gasteiger partial charge in [0, 0.05) is 0 Å². The smallest absolute Gasteiger partial charge is 0.263 e. The summed E-state index contributed by atoms with van der Waals surface area (Å²) in [4.78, 5) is 17.5. The van der Waals surface area contributed by atoms with Gasteiger partial charge in [0.05, 0.1) is 16.7 Å². The van der Waals surface area contributed by atoms with Gasteiger partial charge >= 0.3 is 0 Å². The maximum atomic E-state index is 12.4. The van der Waals surface area contributed by atoms with Crippen LogP contribution in [0, 0.1) is 13.8 Å². The Labute approximate surface area is 123 Å². The molecule has 0 unspecified atom stereocenters. The predicted molar refractivity (Wildman–Crippen MR) is 81.2 cm³/mol. The van der Waals surface area contributed by atoms with E-state index in [2.05, 4.69) is 28.5 Å². The number of carbonyl (C=O) groups is 1. The Hall–Kier alpha value is -1.68. The van der Waals surface area contributed by atoms with Crippen LogP contribution in [0.3, 0.4) is 0 Å². The van der Waals surface area contributed by atoms with E-state index in [0.29, 0.717) is 0 Å². The van der Waals surface area contributed by atoms with Crippen molar-refractivity contribution in [1.82, 2.24) is 10.3 Å². The van der Waals surface area contributed by atoms with Crippen LogP contribution < -0.4 is 5.32 Å². The van der Waals surface area contributed by atoms with E-state index in [1.165, 1.54) is 22.5 Å². The standard InChI is InChI=1S/C16H18N2OS/c1-10-15(20-11(2)17-10)16(19)18-14-9-5-7-12-6-3-4-8-13(12)14/h3-4,6,8,14H,5,7,9H2,1-2H3,(H,18,19)/t14-/m1/s1. The third-order valence-corrected chi connectivity index (χ3v) is 4.86. The van der Waals surface area contributed by atoms with Gasteiger partial charge in [0.15, 0.2) is 0 Å². The molecule has 104 valence electrons. The molecule has 2 aromatic rings. The van der Waals surface area contributed by atoms with E-state index in [0.717, 1.165) is 34.8 Å². The Morgan fingerprint density at radius 3 is 2.90 bits per heavy atom. The van der Waals surface area contributed by atoms with Crippen molar-refractivity contribution >= 4 is 17.2 Å². The number of amides is 1. The van der Waals surface area contributed by atoms with E-state index in [4.69, 9.17) is 0 Å². The first-order valence-corrected chi connectivity index (χ1v) is 7.79. The molecule has 3 nitrogen and oxygen atoms in total. The van der Waals surface area contributed by atoms with Crippen molar-refractivity contribution in [2.75, 3.05) is 0 Å². The molecule has 0 saturated carbocycles. The SMILES string of the molecule is Cc1nc(C)c(C(=O)N[C@@H]2CCCc3ccccc32)s1. The van der Waals surface area contributed by atoms with Gasteiger partial charge in [-0.05, 0) is 44.2 Å². The topological polar surface area (TPSA) is 42.0 Å². The number of carbonyl (C=O) groups excluding carboxylic acids is 1. The Morgan fingerprint density at radius 1 is 1.35 bits per heavy atom. The first kappa shape index (κ1) is 13.3. The fourth-order valence-electron chi connectivity index (χ4n) is 2.87. The van der Waals surface area contributed by atoms with Gasteiger partial charge in [-0.2, -0.15) is 0 Å². The largest absolute Gasteiger partial charge is 0.344 e. The van der Waals surface area contributed by atoms with E-state index in [-0.39, 0.29) is 11.9 Å². The molecule has 1 amide bonds. The molecule has 1 N–H and O–H groups in total. The Bertz CT molecular complexity index is 648. The molecular weight excluding hydrogens is 268 g/mol. The summed E-state index contributed by atoms with van der Waals surface area (Å²) >= 11 is 1.47. The Balaban J connectivity index is 1.82. The summed E-state index contributed by atoms with van der Waals surface area (Å²) in [6.45, 7) is 3.83. The van der Waals surface area contributed by atoms with Crippen molar-refractivity contribution in [3.05, 3.63) is 51.0 Å². The number of aromatic nitrogens is 1. The first-order chi connectivity index (χ1) is 9.65. The summed E-state index contributed by atoms with van der Waals surface area (Å²) in [5.74, 6) is 0.00908. The van der Waals surface area contributed by atoms with Crippen LogP contribution >= 0.6 is 11.3 Å². The monoisotopic (exact) mass is 286 g/mol. The molecule has 1 aliphatic rings. The number of aryl methyl sites for hydroxylation is 3. The second-order valence-electron chi connectivity index (χ2n) is 5.26. The van der Waals surface area contributed by atoms with Gasteiger partial charge in [-0.15, -0.1) is 11.3 Å². The van der Waals surface area contributed by atoms with Crippen molar-refractivity contribution < 1.29 is 4.79 Å². The highest BCUT2D eigenvalue weighted by Gasteiger charge is 2.23. The molecule has 1 aromatic heterocycles. The molecule has 1 heterocycles. The molecule has 0 saturated heterocycles. The van der Waals surface area contributed by atoms with Crippen LogP contribution in [0.4, 0.5) is 0 Å². The zero-order chi connectivity index (χ0) is 14.1. The Morgan fingerprint density at radius 2 is 2.15 bits per heavy atom. The highest BCUT2D eigenvalue weighted by molar-refractivity contribution is 7.13. The van der Waals surface area contributed by atoms with Crippen LogP contribution in [0.1, 0.15) is 50.4 Å². The summed E-state index contributed by atoms with van der Waals surface area (Å²) in [6, 6.07) is 8.54. The third kappa shape index (κ3) is 2.48. The Kier molecular flexibility index (Phi) is 3.57. The molecule has 1 aromatic carbocycles. The van der Waals surface area contributed by atoms with Crippen molar-refractivity contribution in [1.29, 1.82) is 0 Å².